The monoisotopic (exact) mass is 284 g/mol. The Labute approximate surface area is 121 Å². The molecule has 0 aromatic carbocycles. The molecule has 0 aromatic heterocycles. The summed E-state index contributed by atoms with van der Waals surface area (Å²) in [7, 11) is 0. The van der Waals surface area contributed by atoms with Crippen molar-refractivity contribution in [1.82, 2.24) is 10.2 Å². The van der Waals surface area contributed by atoms with Gasteiger partial charge in [-0.05, 0) is 26.2 Å². The standard InChI is InChI=1S/C15H28N2O3/c1-3-8-13(15(19)20)16-11-14(18)17(4-2)12-9-6-5-7-10-12/h12-13,16H,3-11H2,1-2H3,(H,19,20). The zero-order valence-electron chi connectivity index (χ0n) is 12.7. The number of carboxylic acids is 1. The van der Waals surface area contributed by atoms with Crippen LogP contribution in [0.4, 0.5) is 0 Å². The first kappa shape index (κ1) is 17.0. The van der Waals surface area contributed by atoms with Gasteiger partial charge in [-0.2, -0.15) is 0 Å². The fraction of sp³-hybridized carbons (Fsp3) is 0.867. The molecule has 5 nitrogen and oxygen atoms in total. The number of nitrogens with one attached hydrogen (secondary N) is 1. The lowest BCUT2D eigenvalue weighted by atomic mass is 9.94. The fourth-order valence-electron chi connectivity index (χ4n) is 2.94. The average Bonchev–Trinajstić information content (AvgIpc) is 2.45. The predicted molar refractivity (Wildman–Crippen MR) is 78.6 cm³/mol. The average molecular weight is 284 g/mol. The van der Waals surface area contributed by atoms with Crippen LogP contribution in [0.25, 0.3) is 0 Å². The van der Waals surface area contributed by atoms with Crippen molar-refractivity contribution in [3.05, 3.63) is 0 Å². The molecule has 2 N–H and O–H groups in total. The third-order valence-corrected chi connectivity index (χ3v) is 4.05. The van der Waals surface area contributed by atoms with E-state index in [-0.39, 0.29) is 12.5 Å². The molecule has 0 radical (unpaired) electrons. The number of aliphatic carboxylic acids is 1. The van der Waals surface area contributed by atoms with Gasteiger partial charge in [-0.15, -0.1) is 0 Å². The Morgan fingerprint density at radius 1 is 1.25 bits per heavy atom. The summed E-state index contributed by atoms with van der Waals surface area (Å²) in [6, 6.07) is -0.272. The predicted octanol–water partition coefficient (Wildman–Crippen LogP) is 2.01. The van der Waals surface area contributed by atoms with E-state index >= 15 is 0 Å². The Morgan fingerprint density at radius 3 is 2.40 bits per heavy atom. The van der Waals surface area contributed by atoms with E-state index < -0.39 is 12.0 Å². The molecule has 1 fully saturated rings. The van der Waals surface area contributed by atoms with Gasteiger partial charge in [0, 0.05) is 12.6 Å². The van der Waals surface area contributed by atoms with E-state index in [4.69, 9.17) is 5.11 Å². The van der Waals surface area contributed by atoms with E-state index in [0.29, 0.717) is 19.0 Å². The van der Waals surface area contributed by atoms with Crippen LogP contribution in [0, 0.1) is 0 Å². The highest BCUT2D eigenvalue weighted by Crippen LogP contribution is 2.22. The molecule has 1 amide bonds. The van der Waals surface area contributed by atoms with Crippen LogP contribution < -0.4 is 5.32 Å². The maximum absolute atomic E-state index is 12.3. The van der Waals surface area contributed by atoms with Crippen LogP contribution in [-0.4, -0.2) is 47.1 Å². The number of hydrogen-bond donors (Lipinski definition) is 2. The highest BCUT2D eigenvalue weighted by Gasteiger charge is 2.25. The summed E-state index contributed by atoms with van der Waals surface area (Å²) in [6.45, 7) is 4.77. The Morgan fingerprint density at radius 2 is 1.90 bits per heavy atom. The molecular formula is C15H28N2O3. The maximum Gasteiger partial charge on any atom is 0.320 e. The zero-order valence-corrected chi connectivity index (χ0v) is 12.7. The molecule has 5 heteroatoms. The van der Waals surface area contributed by atoms with Crippen molar-refractivity contribution in [3.63, 3.8) is 0 Å². The van der Waals surface area contributed by atoms with Crippen LogP contribution in [0.3, 0.4) is 0 Å². The third-order valence-electron chi connectivity index (χ3n) is 4.05. The van der Waals surface area contributed by atoms with Crippen LogP contribution in [-0.2, 0) is 9.59 Å². The molecule has 0 aliphatic heterocycles. The second-order valence-corrected chi connectivity index (χ2v) is 5.53. The molecule has 1 aliphatic rings. The molecule has 0 aromatic rings. The Balaban J connectivity index is 2.47. The quantitative estimate of drug-likeness (QED) is 0.715. The molecule has 1 unspecified atom stereocenters. The van der Waals surface area contributed by atoms with Gasteiger partial charge in [0.25, 0.3) is 0 Å². The molecule has 20 heavy (non-hydrogen) atoms. The van der Waals surface area contributed by atoms with Crippen LogP contribution >= 0.6 is 0 Å². The van der Waals surface area contributed by atoms with Gasteiger partial charge in [0.1, 0.15) is 6.04 Å². The smallest absolute Gasteiger partial charge is 0.320 e. The SMILES string of the molecule is CCCC(NCC(=O)N(CC)C1CCCCC1)C(=O)O. The topological polar surface area (TPSA) is 69.6 Å². The van der Waals surface area contributed by atoms with Crippen molar-refractivity contribution in [2.24, 2.45) is 0 Å². The molecule has 116 valence electrons. The van der Waals surface area contributed by atoms with Crippen LogP contribution in [0.2, 0.25) is 0 Å². The third kappa shape index (κ3) is 5.12. The van der Waals surface area contributed by atoms with E-state index in [1.165, 1.54) is 19.3 Å². The van der Waals surface area contributed by atoms with E-state index in [9.17, 15) is 9.59 Å². The first-order valence-electron chi connectivity index (χ1n) is 7.85. The lowest BCUT2D eigenvalue weighted by Crippen LogP contribution is -2.48. The van der Waals surface area contributed by atoms with Gasteiger partial charge in [0.15, 0.2) is 0 Å². The van der Waals surface area contributed by atoms with Crippen molar-refractivity contribution in [3.8, 4) is 0 Å². The van der Waals surface area contributed by atoms with Gasteiger partial charge in [0.2, 0.25) is 5.91 Å². The van der Waals surface area contributed by atoms with Crippen molar-refractivity contribution in [1.29, 1.82) is 0 Å². The first-order valence-corrected chi connectivity index (χ1v) is 7.85. The zero-order chi connectivity index (χ0) is 15.0. The Kier molecular flexibility index (Phi) is 7.59. The molecule has 0 heterocycles. The van der Waals surface area contributed by atoms with E-state index in [0.717, 1.165) is 19.3 Å². The van der Waals surface area contributed by atoms with Crippen molar-refractivity contribution >= 4 is 11.9 Å². The van der Waals surface area contributed by atoms with Crippen LogP contribution in [0.1, 0.15) is 58.8 Å². The maximum atomic E-state index is 12.3. The van der Waals surface area contributed by atoms with Gasteiger partial charge >= 0.3 is 5.97 Å². The number of carbonyl (C=O) groups is 2. The molecular weight excluding hydrogens is 256 g/mol. The summed E-state index contributed by atoms with van der Waals surface area (Å²) >= 11 is 0. The van der Waals surface area contributed by atoms with Gasteiger partial charge in [-0.25, -0.2) is 0 Å². The summed E-state index contributed by atoms with van der Waals surface area (Å²) in [6.07, 6.45) is 7.15. The second kappa shape index (κ2) is 8.95. The Hall–Kier alpha value is -1.10. The number of amides is 1. The fourth-order valence-corrected chi connectivity index (χ4v) is 2.94. The number of hydrogen-bond acceptors (Lipinski definition) is 3. The molecule has 0 bridgehead atoms. The normalized spacial score (nSPS) is 17.7. The van der Waals surface area contributed by atoms with E-state index in [1.807, 2.05) is 18.7 Å². The first-order chi connectivity index (χ1) is 9.60. The van der Waals surface area contributed by atoms with Gasteiger partial charge in [-0.3, -0.25) is 14.9 Å². The summed E-state index contributed by atoms with van der Waals surface area (Å²) in [5, 5.41) is 12.0. The molecule has 0 spiro atoms. The molecule has 0 saturated heterocycles. The number of likely N-dealkylation sites (N-methyl/N-ethyl adjacent to an activating group) is 1. The van der Waals surface area contributed by atoms with Crippen molar-refractivity contribution < 1.29 is 14.7 Å². The minimum Gasteiger partial charge on any atom is -0.480 e. The molecule has 1 rings (SSSR count). The number of carboxylic acid groups (broad SMARTS) is 1. The molecule has 1 atom stereocenters. The minimum absolute atomic E-state index is 0.0294. The second-order valence-electron chi connectivity index (χ2n) is 5.53. The largest absolute Gasteiger partial charge is 0.480 e. The van der Waals surface area contributed by atoms with Crippen molar-refractivity contribution in [2.75, 3.05) is 13.1 Å². The van der Waals surface area contributed by atoms with Gasteiger partial charge < -0.3 is 10.0 Å². The summed E-state index contributed by atoms with van der Waals surface area (Å²) in [5.41, 5.74) is 0. The van der Waals surface area contributed by atoms with Gasteiger partial charge in [-0.1, -0.05) is 32.6 Å². The van der Waals surface area contributed by atoms with E-state index in [2.05, 4.69) is 5.32 Å². The van der Waals surface area contributed by atoms with Crippen LogP contribution in [0.5, 0.6) is 0 Å². The minimum atomic E-state index is -0.875. The van der Waals surface area contributed by atoms with Crippen LogP contribution in [0.15, 0.2) is 0 Å². The number of carbonyl (C=O) groups excluding carboxylic acids is 1. The lowest BCUT2D eigenvalue weighted by Gasteiger charge is -2.34. The lowest BCUT2D eigenvalue weighted by molar-refractivity contribution is -0.140. The van der Waals surface area contributed by atoms with Crippen molar-refractivity contribution in [2.45, 2.75) is 70.9 Å². The van der Waals surface area contributed by atoms with Gasteiger partial charge in [0.05, 0.1) is 6.54 Å². The summed E-state index contributed by atoms with van der Waals surface area (Å²) in [4.78, 5) is 25.2. The highest BCUT2D eigenvalue weighted by atomic mass is 16.4. The summed E-state index contributed by atoms with van der Waals surface area (Å²) < 4.78 is 0. The molecule has 1 aliphatic carbocycles. The Bertz CT molecular complexity index is 314. The van der Waals surface area contributed by atoms with E-state index in [1.54, 1.807) is 0 Å². The molecule has 1 saturated carbocycles. The number of rotatable bonds is 8. The summed E-state index contributed by atoms with van der Waals surface area (Å²) in [5.74, 6) is -0.845. The highest BCUT2D eigenvalue weighted by molar-refractivity contribution is 5.80. The number of nitrogens with zero attached hydrogens (tertiary/aromatic N) is 1.